The second kappa shape index (κ2) is 8.17. The highest BCUT2D eigenvalue weighted by Crippen LogP contribution is 2.36. The van der Waals surface area contributed by atoms with Crippen molar-refractivity contribution in [1.82, 2.24) is 10.3 Å². The maximum atomic E-state index is 14.0. The van der Waals surface area contributed by atoms with Crippen LogP contribution in [0.2, 0.25) is 0 Å². The number of carbonyl (C=O) groups is 1. The number of nitrogens with two attached hydrogens (primary N) is 1. The first-order valence-electron chi connectivity index (χ1n) is 9.22. The van der Waals surface area contributed by atoms with Crippen LogP contribution in [0.25, 0.3) is 10.9 Å². The van der Waals surface area contributed by atoms with Crippen LogP contribution in [0.3, 0.4) is 0 Å². The van der Waals surface area contributed by atoms with E-state index in [-0.39, 0.29) is 30.3 Å². The van der Waals surface area contributed by atoms with Crippen LogP contribution in [-0.2, 0) is 14.6 Å². The minimum Gasteiger partial charge on any atom is -0.489 e. The molecule has 0 spiro atoms. The van der Waals surface area contributed by atoms with E-state index in [1.54, 1.807) is 36.4 Å². The lowest BCUT2D eigenvalue weighted by Crippen LogP contribution is -2.58. The number of hydrogen-bond donors (Lipinski definition) is 3. The number of sulfone groups is 1. The van der Waals surface area contributed by atoms with Crippen LogP contribution in [0, 0.1) is 3.57 Å². The van der Waals surface area contributed by atoms with E-state index in [0.717, 1.165) is 3.57 Å². The van der Waals surface area contributed by atoms with Gasteiger partial charge in [-0.2, -0.15) is 0 Å². The van der Waals surface area contributed by atoms with Crippen LogP contribution >= 0.6 is 22.6 Å². The predicted octanol–water partition coefficient (Wildman–Crippen LogP) is 2.04. The molecule has 1 aliphatic rings. The molecule has 4 N–H and O–H groups in total. The van der Waals surface area contributed by atoms with Gasteiger partial charge in [0.05, 0.1) is 6.61 Å². The first kappa shape index (κ1) is 21.1. The number of para-hydroxylation sites is 1. The van der Waals surface area contributed by atoms with E-state index >= 15 is 0 Å². The Morgan fingerprint density at radius 2 is 2.00 bits per heavy atom. The van der Waals surface area contributed by atoms with Crippen molar-refractivity contribution in [3.05, 3.63) is 57.8 Å². The smallest absolute Gasteiger partial charge is 0.266 e. The van der Waals surface area contributed by atoms with Crippen molar-refractivity contribution in [1.29, 1.82) is 0 Å². The molecule has 158 valence electrons. The third-order valence-corrected chi connectivity index (χ3v) is 7.95. The van der Waals surface area contributed by atoms with E-state index in [4.69, 9.17) is 15.2 Å². The number of hydrogen-bond acceptors (Lipinski definition) is 6. The van der Waals surface area contributed by atoms with Gasteiger partial charge in [-0.05, 0) is 52.9 Å². The quantitative estimate of drug-likeness (QED) is 0.411. The predicted molar refractivity (Wildman–Crippen MR) is 120 cm³/mol. The van der Waals surface area contributed by atoms with E-state index in [0.29, 0.717) is 23.2 Å². The molecule has 30 heavy (non-hydrogen) atoms. The second-order valence-corrected chi connectivity index (χ2v) is 10.3. The number of fused-ring (bicyclic) bond motifs is 1. The number of primary amides is 1. The number of aromatic nitrogens is 1. The fourth-order valence-electron chi connectivity index (χ4n) is 3.47. The molecule has 1 atom stereocenters. The lowest BCUT2D eigenvalue weighted by molar-refractivity contribution is -0.0324. The van der Waals surface area contributed by atoms with Crippen LogP contribution < -0.4 is 15.8 Å². The Hall–Kier alpha value is -2.15. The maximum Gasteiger partial charge on any atom is 0.266 e. The average Bonchev–Trinajstić information content (AvgIpc) is 3.13. The van der Waals surface area contributed by atoms with Gasteiger partial charge in [-0.1, -0.05) is 18.2 Å². The number of carbonyl (C=O) groups excluding carboxylic acids is 1. The largest absolute Gasteiger partial charge is 0.489 e. The van der Waals surface area contributed by atoms with Crippen molar-refractivity contribution in [2.75, 3.05) is 26.3 Å². The standard InChI is InChI=1S/C20H20IN3O5S/c21-13-6-7-16-15(10-13)18(17(24-16)19(22)25)30(26,27)20(11-23-8-9-29-20)12-28-14-4-2-1-3-5-14/h1-7,10,23-24H,8-9,11-12H2,(H2,22,25)/t20-/m1/s1. The van der Waals surface area contributed by atoms with Gasteiger partial charge in [0.25, 0.3) is 5.91 Å². The van der Waals surface area contributed by atoms with Crippen molar-refractivity contribution < 1.29 is 22.7 Å². The van der Waals surface area contributed by atoms with Crippen molar-refractivity contribution in [3.8, 4) is 5.75 Å². The summed E-state index contributed by atoms with van der Waals surface area (Å²) in [4.78, 5) is 13.1. The highest BCUT2D eigenvalue weighted by Gasteiger charge is 2.50. The van der Waals surface area contributed by atoms with E-state index in [9.17, 15) is 13.2 Å². The molecule has 2 aromatic carbocycles. The topological polar surface area (TPSA) is 124 Å². The summed E-state index contributed by atoms with van der Waals surface area (Å²) in [6.45, 7) is 0.457. The molecule has 8 nitrogen and oxygen atoms in total. The van der Waals surface area contributed by atoms with Crippen LogP contribution in [-0.4, -0.2) is 50.5 Å². The van der Waals surface area contributed by atoms with Gasteiger partial charge in [0, 0.05) is 27.6 Å². The molecule has 1 fully saturated rings. The fraction of sp³-hybridized carbons (Fsp3) is 0.250. The van der Waals surface area contributed by atoms with Crippen LogP contribution in [0.1, 0.15) is 10.5 Å². The number of ether oxygens (including phenoxy) is 2. The number of aromatic amines is 1. The molecule has 0 aliphatic carbocycles. The first-order chi connectivity index (χ1) is 14.3. The van der Waals surface area contributed by atoms with E-state index < -0.39 is 20.7 Å². The summed E-state index contributed by atoms with van der Waals surface area (Å²) >= 11 is 2.09. The van der Waals surface area contributed by atoms with Gasteiger partial charge >= 0.3 is 0 Å². The number of amides is 1. The maximum absolute atomic E-state index is 14.0. The van der Waals surface area contributed by atoms with Gasteiger partial charge < -0.3 is 25.5 Å². The molecule has 0 saturated carbocycles. The van der Waals surface area contributed by atoms with Crippen molar-refractivity contribution >= 4 is 49.2 Å². The highest BCUT2D eigenvalue weighted by atomic mass is 127. The summed E-state index contributed by atoms with van der Waals surface area (Å²) in [7, 11) is -4.21. The Labute approximate surface area is 187 Å². The van der Waals surface area contributed by atoms with Gasteiger partial charge in [0.1, 0.15) is 22.9 Å². The first-order valence-corrected chi connectivity index (χ1v) is 11.8. The third kappa shape index (κ3) is 3.68. The minimum absolute atomic E-state index is 0.0109. The molecule has 10 heteroatoms. The third-order valence-electron chi connectivity index (χ3n) is 4.96. The lowest BCUT2D eigenvalue weighted by atomic mass is 10.2. The number of halogens is 1. The van der Waals surface area contributed by atoms with Crippen molar-refractivity contribution in [2.24, 2.45) is 5.73 Å². The van der Waals surface area contributed by atoms with E-state index in [2.05, 4.69) is 32.9 Å². The Morgan fingerprint density at radius 1 is 1.23 bits per heavy atom. The Bertz CT molecular complexity index is 1190. The van der Waals surface area contributed by atoms with E-state index in [1.807, 2.05) is 12.1 Å². The zero-order chi connectivity index (χ0) is 21.4. The molecule has 3 aromatic rings. The summed E-state index contributed by atoms with van der Waals surface area (Å²) in [5.41, 5.74) is 5.87. The highest BCUT2D eigenvalue weighted by molar-refractivity contribution is 14.1. The molecule has 0 radical (unpaired) electrons. The monoisotopic (exact) mass is 541 g/mol. The number of nitrogens with one attached hydrogen (secondary N) is 2. The Kier molecular flexibility index (Phi) is 5.75. The molecule has 2 heterocycles. The van der Waals surface area contributed by atoms with Gasteiger partial charge in [0.2, 0.25) is 14.8 Å². The van der Waals surface area contributed by atoms with Crippen LogP contribution in [0.4, 0.5) is 0 Å². The zero-order valence-corrected chi connectivity index (χ0v) is 18.8. The molecule has 1 aromatic heterocycles. The normalized spacial score (nSPS) is 19.6. The number of H-pyrrole nitrogens is 1. The molecule has 0 bridgehead atoms. The minimum atomic E-state index is -4.21. The van der Waals surface area contributed by atoms with Gasteiger partial charge in [-0.25, -0.2) is 8.42 Å². The van der Waals surface area contributed by atoms with Gasteiger partial charge in [-0.15, -0.1) is 0 Å². The molecule has 1 aliphatic heterocycles. The molecular formula is C20H20IN3O5S. The summed E-state index contributed by atoms with van der Waals surface area (Å²) in [6.07, 6.45) is 0. The molecule has 4 rings (SSSR count). The number of morpholine rings is 1. The van der Waals surface area contributed by atoms with Crippen LogP contribution in [0.15, 0.2) is 53.4 Å². The van der Waals surface area contributed by atoms with Crippen molar-refractivity contribution in [3.63, 3.8) is 0 Å². The number of rotatable bonds is 6. The second-order valence-electron chi connectivity index (χ2n) is 6.92. The SMILES string of the molecule is NC(=O)c1[nH]c2ccc(I)cc2c1S(=O)(=O)[C@@]1(COc2ccccc2)CNCCO1. The molecular weight excluding hydrogens is 521 g/mol. The average molecular weight is 541 g/mol. The summed E-state index contributed by atoms with van der Waals surface area (Å²) < 4.78 is 40.4. The summed E-state index contributed by atoms with van der Waals surface area (Å²) in [5.74, 6) is -0.340. The fourth-order valence-corrected chi connectivity index (χ4v) is 5.96. The van der Waals surface area contributed by atoms with Crippen molar-refractivity contribution in [2.45, 2.75) is 9.83 Å². The Morgan fingerprint density at radius 3 is 2.67 bits per heavy atom. The van der Waals surface area contributed by atoms with Crippen LogP contribution in [0.5, 0.6) is 5.75 Å². The summed E-state index contributed by atoms with van der Waals surface area (Å²) in [6, 6.07) is 14.1. The lowest BCUT2D eigenvalue weighted by Gasteiger charge is -2.36. The Balaban J connectivity index is 1.86. The molecule has 1 saturated heterocycles. The van der Waals surface area contributed by atoms with E-state index in [1.165, 1.54) is 0 Å². The zero-order valence-electron chi connectivity index (χ0n) is 15.9. The molecule has 1 amide bonds. The number of benzene rings is 2. The summed E-state index contributed by atoms with van der Waals surface area (Å²) in [5, 5.41) is 3.47. The van der Waals surface area contributed by atoms with Gasteiger partial charge in [-0.3, -0.25) is 4.79 Å². The molecule has 0 unspecified atom stereocenters. The van der Waals surface area contributed by atoms with Gasteiger partial charge in [0.15, 0.2) is 0 Å².